The number of anilines is 1. The van der Waals surface area contributed by atoms with E-state index in [0.717, 1.165) is 26.2 Å². The molecule has 17 heavy (non-hydrogen) atoms. The van der Waals surface area contributed by atoms with E-state index in [2.05, 4.69) is 53.0 Å². The van der Waals surface area contributed by atoms with E-state index in [1.54, 1.807) is 0 Å². The highest BCUT2D eigenvalue weighted by molar-refractivity contribution is 5.84. The molecule has 0 aliphatic carbocycles. The molecule has 2 heterocycles. The summed E-state index contributed by atoms with van der Waals surface area (Å²) in [7, 11) is 2.19. The number of hydrogen-bond acceptors (Lipinski definition) is 2. The zero-order chi connectivity index (χ0) is 11.8. The minimum absolute atomic E-state index is 1.13. The van der Waals surface area contributed by atoms with E-state index >= 15 is 0 Å². The maximum atomic E-state index is 3.37. The van der Waals surface area contributed by atoms with Gasteiger partial charge in [-0.15, -0.1) is 0 Å². The number of piperazine rings is 1. The molecule has 1 aromatic carbocycles. The van der Waals surface area contributed by atoms with E-state index in [-0.39, 0.29) is 0 Å². The topological polar surface area (TPSA) is 22.3 Å². The lowest BCUT2D eigenvalue weighted by atomic mass is 10.2. The monoisotopic (exact) mass is 229 g/mol. The summed E-state index contributed by atoms with van der Waals surface area (Å²) in [6, 6.07) is 8.93. The molecule has 1 fully saturated rings. The van der Waals surface area contributed by atoms with Gasteiger partial charge in [0.2, 0.25) is 0 Å². The van der Waals surface area contributed by atoms with Gasteiger partial charge >= 0.3 is 0 Å². The highest BCUT2D eigenvalue weighted by Crippen LogP contribution is 2.23. The molecule has 2 aromatic rings. The van der Waals surface area contributed by atoms with Crippen LogP contribution in [0.3, 0.4) is 0 Å². The van der Waals surface area contributed by atoms with Crippen molar-refractivity contribution in [2.45, 2.75) is 6.92 Å². The van der Waals surface area contributed by atoms with Crippen molar-refractivity contribution in [3.05, 3.63) is 30.0 Å². The number of benzene rings is 1. The Morgan fingerprint density at radius 2 is 1.82 bits per heavy atom. The Morgan fingerprint density at radius 1 is 1.06 bits per heavy atom. The maximum Gasteiger partial charge on any atom is 0.0457 e. The molecule has 1 aromatic heterocycles. The van der Waals surface area contributed by atoms with Crippen LogP contribution < -0.4 is 4.90 Å². The smallest absolute Gasteiger partial charge is 0.0457 e. The normalized spacial score (nSPS) is 17.9. The van der Waals surface area contributed by atoms with Crippen LogP contribution in [0.25, 0.3) is 10.9 Å². The van der Waals surface area contributed by atoms with E-state index in [4.69, 9.17) is 0 Å². The number of rotatable bonds is 1. The van der Waals surface area contributed by atoms with Crippen molar-refractivity contribution in [3.63, 3.8) is 0 Å². The molecule has 90 valence electrons. The predicted molar refractivity (Wildman–Crippen MR) is 72.7 cm³/mol. The molecule has 0 unspecified atom stereocenters. The van der Waals surface area contributed by atoms with Gasteiger partial charge in [-0.05, 0) is 38.2 Å². The Labute approximate surface area is 102 Å². The second-order valence-corrected chi connectivity index (χ2v) is 5.01. The Hall–Kier alpha value is -1.48. The summed E-state index contributed by atoms with van der Waals surface area (Å²) in [4.78, 5) is 8.23. The average Bonchev–Trinajstić information content (AvgIpc) is 2.69. The fraction of sp³-hybridized carbons (Fsp3) is 0.429. The molecule has 0 bridgehead atoms. The summed E-state index contributed by atoms with van der Waals surface area (Å²) in [5.74, 6) is 0. The van der Waals surface area contributed by atoms with Crippen LogP contribution >= 0.6 is 0 Å². The highest BCUT2D eigenvalue weighted by atomic mass is 15.2. The molecule has 0 saturated carbocycles. The van der Waals surface area contributed by atoms with Crippen LogP contribution in [0.1, 0.15) is 5.69 Å². The van der Waals surface area contributed by atoms with E-state index < -0.39 is 0 Å². The van der Waals surface area contributed by atoms with Gasteiger partial charge in [-0.1, -0.05) is 0 Å². The fourth-order valence-corrected chi connectivity index (χ4v) is 2.53. The standard InChI is InChI=1S/C14H19N3/c1-11-9-12-10-13(3-4-14(12)15-11)17-7-5-16(2)6-8-17/h3-4,9-10,15H,5-8H2,1-2H3. The number of nitrogens with one attached hydrogen (secondary N) is 1. The van der Waals surface area contributed by atoms with Crippen molar-refractivity contribution in [2.75, 3.05) is 38.1 Å². The molecule has 0 atom stereocenters. The van der Waals surface area contributed by atoms with Crippen LogP contribution in [-0.2, 0) is 0 Å². The van der Waals surface area contributed by atoms with Crippen LogP contribution in [0.2, 0.25) is 0 Å². The molecule has 1 aliphatic rings. The van der Waals surface area contributed by atoms with Crippen LogP contribution in [0.15, 0.2) is 24.3 Å². The molecule has 1 N–H and O–H groups in total. The Morgan fingerprint density at radius 3 is 2.59 bits per heavy atom. The summed E-state index contributed by atoms with van der Waals surface area (Å²) in [6.45, 7) is 6.68. The van der Waals surface area contributed by atoms with Crippen LogP contribution in [-0.4, -0.2) is 43.1 Å². The van der Waals surface area contributed by atoms with Crippen molar-refractivity contribution in [1.82, 2.24) is 9.88 Å². The molecule has 0 amide bonds. The third-order valence-corrected chi connectivity index (χ3v) is 3.61. The quantitative estimate of drug-likeness (QED) is 0.810. The summed E-state index contributed by atoms with van der Waals surface area (Å²) in [6.07, 6.45) is 0. The first-order valence-electron chi connectivity index (χ1n) is 6.25. The summed E-state index contributed by atoms with van der Waals surface area (Å²) < 4.78 is 0. The number of H-pyrrole nitrogens is 1. The minimum Gasteiger partial charge on any atom is -0.369 e. The van der Waals surface area contributed by atoms with Crippen molar-refractivity contribution < 1.29 is 0 Å². The van der Waals surface area contributed by atoms with Crippen molar-refractivity contribution in [3.8, 4) is 0 Å². The molecule has 0 radical (unpaired) electrons. The highest BCUT2D eigenvalue weighted by Gasteiger charge is 2.14. The number of aromatic nitrogens is 1. The predicted octanol–water partition coefficient (Wildman–Crippen LogP) is 2.23. The van der Waals surface area contributed by atoms with E-state index in [1.165, 1.54) is 22.3 Å². The Kier molecular flexibility index (Phi) is 2.56. The Balaban J connectivity index is 1.89. The molecule has 3 nitrogen and oxygen atoms in total. The van der Waals surface area contributed by atoms with Crippen molar-refractivity contribution >= 4 is 16.6 Å². The SMILES string of the molecule is Cc1cc2cc(N3CCN(C)CC3)ccc2[nH]1. The minimum atomic E-state index is 1.13. The number of fused-ring (bicyclic) bond motifs is 1. The zero-order valence-electron chi connectivity index (χ0n) is 10.5. The average molecular weight is 229 g/mol. The first-order chi connectivity index (χ1) is 8.22. The zero-order valence-corrected chi connectivity index (χ0v) is 10.5. The van der Waals surface area contributed by atoms with Gasteiger partial charge in [0.25, 0.3) is 0 Å². The second kappa shape index (κ2) is 4.08. The second-order valence-electron chi connectivity index (χ2n) is 5.01. The Bertz CT molecular complexity index is 521. The number of nitrogens with zero attached hydrogens (tertiary/aromatic N) is 2. The van der Waals surface area contributed by atoms with Crippen molar-refractivity contribution in [2.24, 2.45) is 0 Å². The first kappa shape index (κ1) is 10.7. The van der Waals surface area contributed by atoms with Gasteiger partial charge in [-0.25, -0.2) is 0 Å². The summed E-state index contributed by atoms with van der Waals surface area (Å²) in [5.41, 5.74) is 3.82. The van der Waals surface area contributed by atoms with Gasteiger partial charge in [-0.2, -0.15) is 0 Å². The summed E-state index contributed by atoms with van der Waals surface area (Å²) >= 11 is 0. The van der Waals surface area contributed by atoms with Crippen LogP contribution in [0.5, 0.6) is 0 Å². The van der Waals surface area contributed by atoms with E-state index in [1.807, 2.05) is 0 Å². The molecular formula is C14H19N3. The number of hydrogen-bond donors (Lipinski definition) is 1. The molecular weight excluding hydrogens is 210 g/mol. The number of likely N-dealkylation sites (N-methyl/N-ethyl adjacent to an activating group) is 1. The van der Waals surface area contributed by atoms with Gasteiger partial charge in [0.05, 0.1) is 0 Å². The number of aryl methyl sites for hydroxylation is 1. The van der Waals surface area contributed by atoms with Crippen LogP contribution in [0.4, 0.5) is 5.69 Å². The molecule has 1 saturated heterocycles. The van der Waals surface area contributed by atoms with Crippen LogP contribution in [0, 0.1) is 6.92 Å². The summed E-state index contributed by atoms with van der Waals surface area (Å²) in [5, 5.41) is 1.32. The maximum absolute atomic E-state index is 3.37. The molecule has 3 heteroatoms. The van der Waals surface area contributed by atoms with E-state index in [9.17, 15) is 0 Å². The van der Waals surface area contributed by atoms with Gasteiger partial charge in [-0.3, -0.25) is 0 Å². The fourth-order valence-electron chi connectivity index (χ4n) is 2.53. The van der Waals surface area contributed by atoms with Gasteiger partial charge in [0.15, 0.2) is 0 Å². The lowest BCUT2D eigenvalue weighted by Gasteiger charge is -2.34. The van der Waals surface area contributed by atoms with Gasteiger partial charge in [0.1, 0.15) is 0 Å². The molecule has 0 spiro atoms. The third-order valence-electron chi connectivity index (χ3n) is 3.61. The third kappa shape index (κ3) is 2.03. The van der Waals surface area contributed by atoms with E-state index in [0.29, 0.717) is 0 Å². The van der Waals surface area contributed by atoms with Gasteiger partial charge in [0, 0.05) is 48.5 Å². The number of aromatic amines is 1. The molecule has 3 rings (SSSR count). The van der Waals surface area contributed by atoms with Gasteiger partial charge < -0.3 is 14.8 Å². The lowest BCUT2D eigenvalue weighted by molar-refractivity contribution is 0.313. The first-order valence-corrected chi connectivity index (χ1v) is 6.25. The largest absolute Gasteiger partial charge is 0.369 e. The molecule has 1 aliphatic heterocycles. The lowest BCUT2D eigenvalue weighted by Crippen LogP contribution is -2.44. The van der Waals surface area contributed by atoms with Crippen molar-refractivity contribution in [1.29, 1.82) is 0 Å².